The molecule has 0 unspecified atom stereocenters. The van der Waals surface area contributed by atoms with Crippen molar-refractivity contribution in [3.63, 3.8) is 0 Å². The predicted molar refractivity (Wildman–Crippen MR) is 162 cm³/mol. The Morgan fingerprint density at radius 2 is 0.475 bits per heavy atom. The van der Waals surface area contributed by atoms with Gasteiger partial charge in [-0.1, -0.05) is 42.5 Å². The van der Waals surface area contributed by atoms with Gasteiger partial charge in [0.15, 0.2) is 11.3 Å². The predicted octanol–water partition coefficient (Wildman–Crippen LogP) is 3.45. The molecule has 2 aromatic heterocycles. The van der Waals surface area contributed by atoms with Gasteiger partial charge >= 0.3 is 5.91 Å². The van der Waals surface area contributed by atoms with Gasteiger partial charge in [0.05, 0.1) is 11.3 Å². The molecule has 0 saturated heterocycles. The summed E-state index contributed by atoms with van der Waals surface area (Å²) in [6.45, 7) is 6.40. The van der Waals surface area contributed by atoms with Crippen LogP contribution in [-0.4, -0.2) is 41.6 Å². The molecule has 0 aliphatic carbocycles. The van der Waals surface area contributed by atoms with Crippen molar-refractivity contribution in [2.45, 2.75) is 26.7 Å². The van der Waals surface area contributed by atoms with Crippen molar-refractivity contribution in [1.29, 1.82) is 0 Å². The minimum absolute atomic E-state index is 0. The maximum atomic E-state index is 5.46. The fraction of sp³-hybridized carbons (Fsp3) is 0.111. The number of aliphatic imine (C=N–C) groups is 2. The van der Waals surface area contributed by atoms with E-state index < -0.39 is 5.91 Å². The van der Waals surface area contributed by atoms with E-state index in [-0.39, 0.29) is 2420 Å². The fourth-order valence-corrected chi connectivity index (χ4v) is 8.23. The number of fused-ring (bicyclic) bond motifs is 12. The van der Waals surface area contributed by atoms with Crippen LogP contribution in [0.15, 0.2) is 68.5 Å². The van der Waals surface area contributed by atoms with Crippen molar-refractivity contribution < 1.29 is 2430 Å². The van der Waals surface area contributed by atoms with Gasteiger partial charge in [0.1, 0.15) is 17.5 Å². The van der Waals surface area contributed by atoms with Crippen LogP contribution in [0.1, 0.15) is 38.9 Å². The van der Waals surface area contributed by atoms with Crippen LogP contribution in [-0.2, 0) is 2430 Å². The van der Waals surface area contributed by atoms with Crippen molar-refractivity contribution >= 4 is 56.5 Å². The third kappa shape index (κ3) is 129. The quantitative estimate of drug-likeness (QED) is 0.166. The van der Waals surface area contributed by atoms with Crippen LogP contribution in [0.4, 0.5) is 11.6 Å². The van der Waals surface area contributed by atoms with Crippen molar-refractivity contribution in [3.8, 4) is 0 Å². The average molecular weight is 7140 g/mol. The number of hydrogen-bond donors (Lipinski definition) is 0. The average Bonchev–Trinajstić information content (AvgIpc) is 3.75. The maximum Gasteiger partial charge on any atom is 0.359 e. The van der Waals surface area contributed by atoms with Gasteiger partial charge in [0, 0.05) is 2420 Å². The maximum absolute atomic E-state index is 5.46. The van der Waals surface area contributed by atoms with E-state index in [0.717, 1.165) is 106 Å². The van der Waals surface area contributed by atoms with Gasteiger partial charge in [-0.05, 0) is 10.9 Å². The zero-order chi connectivity index (χ0) is 28.8. The Balaban J connectivity index is -0.00000000670. The second-order valence-corrected chi connectivity index (χ2v) is 12.1. The molecule has 426 valence electrons. The molecule has 0 saturated carbocycles. The standard InChI is InChI=1S/C36H17N8.74Y/c1-17-9-6-14-22-25(17)33-38-28-20-12-4-5-13-21(20)29-39-34-27-19(3)11-8-16-24(27)32-40-35-26-18(2)10-7-15-23(26)31-37-30(22)42(33)36(41(28)29,43(31)35)44(32)34;;;;;;;;;;;;;;;;;;;;;;;;;;;;;;;;;;;;;;;;;;;;;;;;;;;;;;;;;;;;;;;;;;;;;;;;;;/h4-11H,1-3H3;;;;;;;;;;;;;;;;;;;;;;;;;;;;;;;;;;;;;;;;;;;;;;;;;;;;;;;;;;;;;;;;;;;;;;;;;;/q-3;;;;;;;;;;;;;;;;;;;;;;;;;;;;;;;;;;;;;;;;;;;;;;;;;;;;;;;;;;;;;;;;;;;;;;;;;;/t36-;;;;;;;;;;;;;;;;;;;;;;;;;;;;;;;;;;;;;;;;;;;;;;;;;;;;;;;;;;;;;;;;;;;;;;;;;;/m0........................................................................../s1. The number of amidine groups is 4. The topological polar surface area (TPSA) is 65.3 Å². The zero-order valence-electron chi connectivity index (χ0n) is 66.4. The summed E-state index contributed by atoms with van der Waals surface area (Å²) in [5.74, 6) is 3.80. The molecule has 6 aromatic rings. The Labute approximate surface area is 2570 Å². The van der Waals surface area contributed by atoms with Crippen LogP contribution in [0, 0.1) is 51.1 Å². The molecule has 0 amide bonds. The Morgan fingerprint density at radius 3 is 0.797 bits per heavy atom. The van der Waals surface area contributed by atoms with Crippen LogP contribution >= 0.6 is 0 Å². The van der Waals surface area contributed by atoms with Crippen molar-refractivity contribution in [1.82, 2.24) is 9.13 Å². The minimum atomic E-state index is -1.05. The molecule has 118 heavy (non-hydrogen) atoms. The van der Waals surface area contributed by atoms with Gasteiger partial charge in [-0.2, -0.15) is 21.1 Å². The Morgan fingerprint density at radius 1 is 0.220 bits per heavy atom. The summed E-state index contributed by atoms with van der Waals surface area (Å²) in [6, 6.07) is 33.7. The summed E-state index contributed by atoms with van der Waals surface area (Å²) in [7, 11) is 0. The molecule has 6 aliphatic heterocycles. The van der Waals surface area contributed by atoms with Gasteiger partial charge in [-0.3, -0.25) is 18.7 Å². The van der Waals surface area contributed by atoms with Gasteiger partial charge in [0.2, 0.25) is 5.84 Å². The number of aryl methyl sites for hydroxylation is 3. The second kappa shape index (κ2) is 252. The van der Waals surface area contributed by atoms with Crippen LogP contribution in [0.2, 0.25) is 0 Å². The summed E-state index contributed by atoms with van der Waals surface area (Å²) >= 11 is 0. The number of benzene rings is 4. The molecule has 0 N–H and O–H groups in total. The molecule has 74 radical (unpaired) electrons. The van der Waals surface area contributed by atoms with E-state index in [1.54, 1.807) is 0 Å². The van der Waals surface area contributed by atoms with Gasteiger partial charge in [-0.15, -0.1) is 76.3 Å². The van der Waals surface area contributed by atoms with Crippen LogP contribution in [0.25, 0.3) is 21.5 Å². The smallest absolute Gasteiger partial charge is 0.271 e. The molecule has 0 bridgehead atoms. The summed E-state index contributed by atoms with van der Waals surface area (Å²) < 4.78 is 9.11. The van der Waals surface area contributed by atoms with Crippen LogP contribution in [0.5, 0.6) is 0 Å². The summed E-state index contributed by atoms with van der Waals surface area (Å²) in [5.41, 5.74) is 8.73. The molecular weight excluding hydrogens is 7120 g/mol. The molecule has 8 nitrogen and oxygen atoms in total. The molecule has 6 aliphatic rings. The van der Waals surface area contributed by atoms with E-state index in [4.69, 9.17) is 20.0 Å². The second-order valence-electron chi connectivity index (χ2n) is 12.1. The Kier molecular flexibility index (Phi) is 899. The number of nitrogens with zero attached hydrogens (tertiary/aromatic N) is 8. The Hall–Kier alpha value is 75.9. The number of rotatable bonds is 0. The number of aromatic nitrogens is 2. The molecule has 0 fully saturated rings. The molecule has 1 spiro atoms. The molecule has 12 rings (SSSR count). The fourth-order valence-electron chi connectivity index (χ4n) is 8.23. The largest absolute Gasteiger partial charge is 0.359 e. The molecule has 8 heterocycles. The van der Waals surface area contributed by atoms with Gasteiger partial charge in [-0.25, -0.2) is 28.8 Å². The van der Waals surface area contributed by atoms with Crippen LogP contribution in [0.3, 0.4) is 0 Å². The van der Waals surface area contributed by atoms with Gasteiger partial charge in [0.25, 0.3) is 0 Å². The first-order valence-corrected chi connectivity index (χ1v) is 14.6. The van der Waals surface area contributed by atoms with E-state index in [2.05, 4.69) is 87.6 Å². The summed E-state index contributed by atoms with van der Waals surface area (Å²) in [5, 5.41) is 3.95. The molecule has 1 atom stereocenters. The van der Waals surface area contributed by atoms with E-state index in [9.17, 15) is 0 Å². The number of hydrogen-bond acceptors (Lipinski definition) is 4. The minimum Gasteiger partial charge on any atom is -0.271 e. The van der Waals surface area contributed by atoms with Crippen LogP contribution < -0.4 is 11.0 Å². The van der Waals surface area contributed by atoms with E-state index in [1.807, 2.05) is 30.3 Å². The Bertz CT molecular complexity index is 2910. The van der Waals surface area contributed by atoms with Crippen molar-refractivity contribution in [2.24, 2.45) is 20.0 Å². The summed E-state index contributed by atoms with van der Waals surface area (Å²) in [4.78, 5) is 21.7. The first-order chi connectivity index (χ1) is 21.6. The third-order valence-corrected chi connectivity index (χ3v) is 9.94. The third-order valence-electron chi connectivity index (χ3n) is 9.94. The molecule has 4 aromatic carbocycles. The molecular formula is C36H17N8Y74-3. The summed E-state index contributed by atoms with van der Waals surface area (Å²) in [6.07, 6.45) is 0. The normalized spacial score (nSPS) is 7.55. The van der Waals surface area contributed by atoms with Crippen molar-refractivity contribution in [3.05, 3.63) is 129 Å². The first-order valence-electron chi connectivity index (χ1n) is 14.6. The van der Waals surface area contributed by atoms with E-state index in [0.29, 0.717) is 0 Å². The first kappa shape index (κ1) is 421. The monoisotopic (exact) mass is 7140 g/mol. The zero-order valence-corrected chi connectivity index (χ0v) is 276. The van der Waals surface area contributed by atoms with Gasteiger partial charge < -0.3 is 0 Å². The van der Waals surface area contributed by atoms with E-state index >= 15 is 0 Å². The SMILES string of the molecule is Cc1cc[c-]c2c1C1=[N+]3C2=Nc2c4[c-]ccc(C)c4c4n2[C@@]32n3c(c5[c-]ccc(C)c5c3=NC3=[N+]2C(=N1)c1[c-]cc[c-]c13)=N4.[Y].[Y].[Y].[Y].[Y].[Y].[Y].[Y].[Y].[Y].[Y].[Y].[Y].[Y].[Y].[Y].[Y].[Y].[Y].[Y].[Y].[Y].[Y].[Y].[Y].[Y].[Y].[Y].[Y].[Y].[Y].[Y].[Y].[Y].[Y].[Y].[Y].[Y].[Y].[Y].[Y].[Y].[Y].[Y].[Y].[Y].[Y].[Y].[Y].[Y].[Y].[Y].[Y].[Y].[Y].[Y].[Y].[Y].[Y].[Y].[Y].[Y].[Y].[Y].[Y].[Y].[Y].[Y].[Y].[Y].[Y].[Y].[Y].[Y]. The molecule has 82 heteroatoms. The van der Waals surface area contributed by atoms with E-state index in [1.165, 1.54) is 0 Å². The van der Waals surface area contributed by atoms with Crippen molar-refractivity contribution in [2.75, 3.05) is 0 Å².